The lowest BCUT2D eigenvalue weighted by Gasteiger charge is -2.51. The number of hydrogen-bond acceptors (Lipinski definition) is 5. The van der Waals surface area contributed by atoms with Crippen molar-refractivity contribution in [3.05, 3.63) is 56.4 Å². The zero-order chi connectivity index (χ0) is 22.3. The number of carbonyl (C=O) groups excluding carboxylic acids is 1. The number of aromatic nitrogens is 1. The van der Waals surface area contributed by atoms with Gasteiger partial charge in [0.1, 0.15) is 11.4 Å². The topological polar surface area (TPSA) is 86.6 Å². The number of nitrogens with one attached hydrogen (secondary N) is 2. The first-order chi connectivity index (χ1) is 14.7. The van der Waals surface area contributed by atoms with E-state index in [1.807, 2.05) is 0 Å². The molecule has 1 aromatic heterocycles. The smallest absolute Gasteiger partial charge is 0.288 e. The molecule has 0 bridgehead atoms. The molecule has 1 atom stereocenters. The first-order valence-electron chi connectivity index (χ1n) is 10.1. The molecule has 4 rings (SSSR count). The Morgan fingerprint density at radius 1 is 1.32 bits per heavy atom. The molecule has 2 aliphatic heterocycles. The van der Waals surface area contributed by atoms with Gasteiger partial charge >= 0.3 is 0 Å². The average Bonchev–Trinajstić information content (AvgIpc) is 2.73. The molecule has 2 saturated heterocycles. The molecular weight excluding hydrogens is 474 g/mol. The number of β-amino-alcohol motifs (C(OH)–C–C–N with tert-alkyl or cyclic N) is 1. The van der Waals surface area contributed by atoms with Gasteiger partial charge in [-0.25, -0.2) is 4.39 Å². The number of carbonyl (C=O) groups is 1. The van der Waals surface area contributed by atoms with Crippen molar-refractivity contribution < 1.29 is 18.7 Å². The van der Waals surface area contributed by atoms with Crippen molar-refractivity contribution in [2.75, 3.05) is 25.0 Å². The Morgan fingerprint density at radius 3 is 2.71 bits per heavy atom. The lowest BCUT2D eigenvalue weighted by molar-refractivity contribution is -0.108. The number of benzene rings is 1. The molecule has 31 heavy (non-hydrogen) atoms. The molecule has 0 aliphatic carbocycles. The number of anilines is 2. The van der Waals surface area contributed by atoms with Crippen LogP contribution in [0.4, 0.5) is 20.2 Å². The van der Waals surface area contributed by atoms with Crippen LogP contribution in [0.15, 0.2) is 33.7 Å². The van der Waals surface area contributed by atoms with Gasteiger partial charge in [-0.05, 0) is 37.6 Å². The van der Waals surface area contributed by atoms with Gasteiger partial charge in [-0.3, -0.25) is 9.59 Å². The predicted molar refractivity (Wildman–Crippen MR) is 116 cm³/mol. The van der Waals surface area contributed by atoms with Crippen molar-refractivity contribution in [3.63, 3.8) is 0 Å². The number of piperidine rings is 1. The number of aliphatic hydroxyl groups is 1. The first-order valence-corrected chi connectivity index (χ1v) is 10.8. The molecule has 0 radical (unpaired) electrons. The summed E-state index contributed by atoms with van der Waals surface area (Å²) in [5.74, 6) is -2.40. The SMILES string of the molecule is Cn1cc(C(=O)N2CC(O)(C3CCCCN3)C2)c(Nc2ccc(Br)cc2F)c(F)c1=O. The molecular formula is C21H23BrF2N4O3. The zero-order valence-corrected chi connectivity index (χ0v) is 18.5. The minimum atomic E-state index is -1.18. The van der Waals surface area contributed by atoms with E-state index in [1.54, 1.807) is 6.07 Å². The van der Waals surface area contributed by atoms with E-state index in [-0.39, 0.29) is 36.1 Å². The Hall–Kier alpha value is -2.30. The predicted octanol–water partition coefficient (Wildman–Crippen LogP) is 2.50. The fourth-order valence-corrected chi connectivity index (χ4v) is 4.50. The van der Waals surface area contributed by atoms with Gasteiger partial charge in [0.15, 0.2) is 0 Å². The van der Waals surface area contributed by atoms with Crippen molar-refractivity contribution in [2.45, 2.75) is 30.9 Å². The summed E-state index contributed by atoms with van der Waals surface area (Å²) in [6.07, 6.45) is 4.10. The third-order valence-corrected chi connectivity index (χ3v) is 6.41. The molecule has 1 amide bonds. The lowest BCUT2D eigenvalue weighted by atomic mass is 9.81. The second-order valence-electron chi connectivity index (χ2n) is 8.16. The van der Waals surface area contributed by atoms with Gasteiger partial charge in [-0.2, -0.15) is 4.39 Å². The number of likely N-dealkylation sites (tertiary alicyclic amines) is 1. The van der Waals surface area contributed by atoms with Crippen LogP contribution in [0.1, 0.15) is 29.6 Å². The normalized spacial score (nSPS) is 20.3. The van der Waals surface area contributed by atoms with Crippen molar-refractivity contribution in [3.8, 4) is 0 Å². The number of pyridine rings is 1. The highest BCUT2D eigenvalue weighted by Gasteiger charge is 2.49. The summed E-state index contributed by atoms with van der Waals surface area (Å²) < 4.78 is 30.6. The average molecular weight is 497 g/mol. The van der Waals surface area contributed by atoms with Gasteiger partial charge in [0.25, 0.3) is 11.5 Å². The molecule has 2 aromatic rings. The van der Waals surface area contributed by atoms with E-state index >= 15 is 0 Å². The summed E-state index contributed by atoms with van der Waals surface area (Å²) in [7, 11) is 1.34. The fourth-order valence-electron chi connectivity index (χ4n) is 4.17. The molecule has 10 heteroatoms. The molecule has 1 unspecified atom stereocenters. The molecule has 0 spiro atoms. The molecule has 2 aliphatic rings. The Balaban J connectivity index is 1.62. The van der Waals surface area contributed by atoms with Gasteiger partial charge < -0.3 is 25.2 Å². The Morgan fingerprint density at radius 2 is 2.06 bits per heavy atom. The second kappa shape index (κ2) is 8.33. The van der Waals surface area contributed by atoms with Gasteiger partial charge in [0, 0.05) is 23.8 Å². The summed E-state index contributed by atoms with van der Waals surface area (Å²) in [6, 6.07) is 4.02. The number of nitrogens with zero attached hydrogens (tertiary/aromatic N) is 2. The standard InChI is InChI=1S/C21H23BrF2N4O3/c1-27-9-13(19(29)28-10-21(31,11-28)16-4-2-3-7-25-16)18(17(24)20(27)30)26-15-6-5-12(22)8-14(15)23/h5-6,8-9,16,25-26,31H,2-4,7,10-11H2,1H3. The van der Waals surface area contributed by atoms with Crippen LogP contribution in [-0.4, -0.2) is 51.8 Å². The number of hydrogen-bond donors (Lipinski definition) is 3. The van der Waals surface area contributed by atoms with Crippen LogP contribution in [0.3, 0.4) is 0 Å². The zero-order valence-electron chi connectivity index (χ0n) is 16.9. The van der Waals surface area contributed by atoms with Crippen LogP contribution in [0, 0.1) is 11.6 Å². The fraction of sp³-hybridized carbons (Fsp3) is 0.429. The number of amides is 1. The highest BCUT2D eigenvalue weighted by atomic mass is 79.9. The van der Waals surface area contributed by atoms with Gasteiger partial charge in [-0.15, -0.1) is 0 Å². The number of aryl methyl sites for hydroxylation is 1. The van der Waals surface area contributed by atoms with Crippen molar-refractivity contribution in [2.24, 2.45) is 7.05 Å². The maximum atomic E-state index is 14.9. The minimum absolute atomic E-state index is 0.0732. The third kappa shape index (κ3) is 4.11. The van der Waals surface area contributed by atoms with Crippen molar-refractivity contribution in [1.82, 2.24) is 14.8 Å². The highest BCUT2D eigenvalue weighted by Crippen LogP contribution is 2.33. The summed E-state index contributed by atoms with van der Waals surface area (Å²) >= 11 is 3.15. The van der Waals surface area contributed by atoms with E-state index in [1.165, 1.54) is 30.3 Å². The van der Waals surface area contributed by atoms with Crippen LogP contribution in [-0.2, 0) is 7.05 Å². The molecule has 7 nitrogen and oxygen atoms in total. The van der Waals surface area contributed by atoms with Crippen molar-refractivity contribution in [1.29, 1.82) is 0 Å². The number of halogens is 3. The Bertz CT molecular complexity index is 1080. The van der Waals surface area contributed by atoms with E-state index in [0.717, 1.165) is 30.4 Å². The van der Waals surface area contributed by atoms with E-state index in [4.69, 9.17) is 0 Å². The van der Waals surface area contributed by atoms with Gasteiger partial charge in [0.2, 0.25) is 5.82 Å². The highest BCUT2D eigenvalue weighted by molar-refractivity contribution is 9.10. The lowest BCUT2D eigenvalue weighted by Crippen LogP contribution is -2.72. The molecule has 166 valence electrons. The van der Waals surface area contributed by atoms with Crippen LogP contribution in [0.25, 0.3) is 0 Å². The van der Waals surface area contributed by atoms with Crippen LogP contribution in [0.2, 0.25) is 0 Å². The van der Waals surface area contributed by atoms with E-state index in [0.29, 0.717) is 4.47 Å². The summed E-state index contributed by atoms with van der Waals surface area (Å²) in [5.41, 5.74) is -2.55. The summed E-state index contributed by atoms with van der Waals surface area (Å²) in [5, 5.41) is 16.7. The second-order valence-corrected chi connectivity index (χ2v) is 9.08. The maximum Gasteiger partial charge on any atom is 0.288 e. The summed E-state index contributed by atoms with van der Waals surface area (Å²) in [6.45, 7) is 1.01. The summed E-state index contributed by atoms with van der Waals surface area (Å²) in [4.78, 5) is 26.7. The van der Waals surface area contributed by atoms with E-state index in [9.17, 15) is 23.5 Å². The maximum absolute atomic E-state index is 14.9. The van der Waals surface area contributed by atoms with Gasteiger partial charge in [-0.1, -0.05) is 22.4 Å². The molecule has 1 aromatic carbocycles. The van der Waals surface area contributed by atoms with E-state index in [2.05, 4.69) is 26.6 Å². The van der Waals surface area contributed by atoms with Gasteiger partial charge in [0.05, 0.1) is 30.0 Å². The van der Waals surface area contributed by atoms with Crippen LogP contribution < -0.4 is 16.2 Å². The van der Waals surface area contributed by atoms with E-state index < -0.39 is 28.7 Å². The molecule has 2 fully saturated rings. The largest absolute Gasteiger partial charge is 0.385 e. The molecule has 3 N–H and O–H groups in total. The van der Waals surface area contributed by atoms with Crippen LogP contribution in [0.5, 0.6) is 0 Å². The Labute approximate surface area is 186 Å². The number of rotatable bonds is 4. The minimum Gasteiger partial charge on any atom is -0.385 e. The molecule has 3 heterocycles. The molecule has 0 saturated carbocycles. The first kappa shape index (κ1) is 21.9. The monoisotopic (exact) mass is 496 g/mol. The van der Waals surface area contributed by atoms with Crippen LogP contribution >= 0.6 is 15.9 Å². The Kier molecular flexibility index (Phi) is 5.89. The van der Waals surface area contributed by atoms with Crippen molar-refractivity contribution >= 4 is 33.2 Å². The quantitative estimate of drug-likeness (QED) is 0.605. The third-order valence-electron chi connectivity index (χ3n) is 5.92.